The van der Waals surface area contributed by atoms with E-state index in [4.69, 9.17) is 0 Å². The molecule has 0 amide bonds. The number of phenols is 1. The molecule has 2 heteroatoms. The van der Waals surface area contributed by atoms with E-state index < -0.39 is 0 Å². The van der Waals surface area contributed by atoms with Gasteiger partial charge in [-0.25, -0.2) is 4.39 Å². The van der Waals surface area contributed by atoms with Crippen molar-refractivity contribution in [1.29, 1.82) is 0 Å². The second kappa shape index (κ2) is 3.88. The first-order valence-electron chi connectivity index (χ1n) is 5.85. The highest BCUT2D eigenvalue weighted by Crippen LogP contribution is 2.30. The Morgan fingerprint density at radius 3 is 2.59 bits per heavy atom. The van der Waals surface area contributed by atoms with Crippen LogP contribution in [0.2, 0.25) is 0 Å². The standard InChI is InChI=1S/C15H13FO/c16-15-9-13(17)6-7-14(15)12-5-4-10-2-1-3-11(10)8-12/h4-9,17H,1-3H2. The number of halogens is 1. The fourth-order valence-corrected chi connectivity index (χ4v) is 2.48. The predicted molar refractivity (Wildman–Crippen MR) is 65.5 cm³/mol. The third-order valence-electron chi connectivity index (χ3n) is 3.36. The molecule has 0 aromatic heterocycles. The lowest BCUT2D eigenvalue weighted by Crippen LogP contribution is -1.87. The van der Waals surface area contributed by atoms with Crippen LogP contribution >= 0.6 is 0 Å². The molecule has 3 rings (SSSR count). The third-order valence-corrected chi connectivity index (χ3v) is 3.36. The first-order chi connectivity index (χ1) is 8.24. The summed E-state index contributed by atoms with van der Waals surface area (Å²) in [7, 11) is 0. The number of benzene rings is 2. The van der Waals surface area contributed by atoms with Gasteiger partial charge in [-0.1, -0.05) is 18.2 Å². The van der Waals surface area contributed by atoms with E-state index in [1.807, 2.05) is 6.07 Å². The summed E-state index contributed by atoms with van der Waals surface area (Å²) in [5, 5.41) is 9.20. The molecule has 1 nitrogen and oxygen atoms in total. The maximum Gasteiger partial charge on any atom is 0.134 e. The molecule has 0 fully saturated rings. The first kappa shape index (κ1) is 10.3. The van der Waals surface area contributed by atoms with Gasteiger partial charge in [-0.15, -0.1) is 0 Å². The Labute approximate surface area is 99.5 Å². The number of phenolic OH excluding ortho intramolecular Hbond substituents is 1. The summed E-state index contributed by atoms with van der Waals surface area (Å²) in [5.74, 6) is -0.407. The second-order valence-corrected chi connectivity index (χ2v) is 4.50. The van der Waals surface area contributed by atoms with Gasteiger partial charge in [0.15, 0.2) is 0 Å². The summed E-state index contributed by atoms with van der Waals surface area (Å²) < 4.78 is 13.7. The van der Waals surface area contributed by atoms with E-state index in [0.717, 1.165) is 24.5 Å². The number of hydrogen-bond acceptors (Lipinski definition) is 1. The third kappa shape index (κ3) is 1.80. The van der Waals surface area contributed by atoms with E-state index in [9.17, 15) is 9.50 Å². The molecule has 0 heterocycles. The van der Waals surface area contributed by atoms with Crippen LogP contribution in [0.1, 0.15) is 17.5 Å². The molecular formula is C15H13FO. The summed E-state index contributed by atoms with van der Waals surface area (Å²) in [4.78, 5) is 0. The van der Waals surface area contributed by atoms with Crippen LogP contribution in [0, 0.1) is 5.82 Å². The second-order valence-electron chi connectivity index (χ2n) is 4.50. The summed E-state index contributed by atoms with van der Waals surface area (Å²) in [5.41, 5.74) is 4.16. The van der Waals surface area contributed by atoms with Gasteiger partial charge in [0.25, 0.3) is 0 Å². The Balaban J connectivity index is 2.09. The van der Waals surface area contributed by atoms with Crippen molar-refractivity contribution in [2.24, 2.45) is 0 Å². The lowest BCUT2D eigenvalue weighted by molar-refractivity contribution is 0.469. The summed E-state index contributed by atoms with van der Waals surface area (Å²) >= 11 is 0. The lowest BCUT2D eigenvalue weighted by Gasteiger charge is -2.06. The largest absolute Gasteiger partial charge is 0.508 e. The zero-order valence-electron chi connectivity index (χ0n) is 9.41. The zero-order valence-corrected chi connectivity index (χ0v) is 9.41. The molecular weight excluding hydrogens is 215 g/mol. The van der Waals surface area contributed by atoms with Crippen molar-refractivity contribution in [3.8, 4) is 16.9 Å². The molecule has 1 aliphatic rings. The van der Waals surface area contributed by atoms with Crippen LogP contribution < -0.4 is 0 Å². The highest BCUT2D eigenvalue weighted by atomic mass is 19.1. The van der Waals surface area contributed by atoms with Crippen LogP contribution in [0.4, 0.5) is 4.39 Å². The van der Waals surface area contributed by atoms with Crippen molar-refractivity contribution in [1.82, 2.24) is 0 Å². The Kier molecular flexibility index (Phi) is 2.36. The van der Waals surface area contributed by atoms with Gasteiger partial charge in [-0.2, -0.15) is 0 Å². The van der Waals surface area contributed by atoms with Crippen LogP contribution in [0.3, 0.4) is 0 Å². The van der Waals surface area contributed by atoms with E-state index in [1.54, 1.807) is 6.07 Å². The van der Waals surface area contributed by atoms with Gasteiger partial charge in [0.05, 0.1) is 0 Å². The average Bonchev–Trinajstić information content (AvgIpc) is 2.75. The molecule has 0 spiro atoms. The molecule has 1 aliphatic carbocycles. The Hall–Kier alpha value is -1.83. The quantitative estimate of drug-likeness (QED) is 0.789. The van der Waals surface area contributed by atoms with E-state index in [1.165, 1.54) is 23.6 Å². The monoisotopic (exact) mass is 228 g/mol. The molecule has 0 saturated heterocycles. The van der Waals surface area contributed by atoms with E-state index in [0.29, 0.717) is 5.56 Å². The van der Waals surface area contributed by atoms with E-state index in [2.05, 4.69) is 12.1 Å². The number of hydrogen-bond donors (Lipinski definition) is 1. The molecule has 1 N–H and O–H groups in total. The average molecular weight is 228 g/mol. The molecule has 0 radical (unpaired) electrons. The van der Waals surface area contributed by atoms with Crippen LogP contribution in [0.15, 0.2) is 36.4 Å². The van der Waals surface area contributed by atoms with Crippen molar-refractivity contribution >= 4 is 0 Å². The molecule has 0 atom stereocenters. The van der Waals surface area contributed by atoms with Crippen molar-refractivity contribution in [2.45, 2.75) is 19.3 Å². The molecule has 0 saturated carbocycles. The van der Waals surface area contributed by atoms with Crippen molar-refractivity contribution in [3.63, 3.8) is 0 Å². The highest BCUT2D eigenvalue weighted by Gasteiger charge is 2.13. The Morgan fingerprint density at radius 2 is 1.76 bits per heavy atom. The Bertz CT molecular complexity index is 575. The van der Waals surface area contributed by atoms with Gasteiger partial charge in [0.1, 0.15) is 11.6 Å². The molecule has 0 bridgehead atoms. The van der Waals surface area contributed by atoms with E-state index >= 15 is 0 Å². The molecule has 2 aromatic rings. The molecule has 0 unspecified atom stereocenters. The summed E-state index contributed by atoms with van der Waals surface area (Å²) in [6.45, 7) is 0. The normalized spacial score (nSPS) is 13.7. The van der Waals surface area contributed by atoms with Crippen LogP contribution in [-0.4, -0.2) is 5.11 Å². The number of aryl methyl sites for hydroxylation is 2. The molecule has 2 aromatic carbocycles. The van der Waals surface area contributed by atoms with Gasteiger partial charge < -0.3 is 5.11 Å². The molecule has 86 valence electrons. The fourth-order valence-electron chi connectivity index (χ4n) is 2.48. The summed E-state index contributed by atoms with van der Waals surface area (Å²) in [6, 6.07) is 10.4. The predicted octanol–water partition coefficient (Wildman–Crippen LogP) is 3.69. The molecule has 17 heavy (non-hydrogen) atoms. The van der Waals surface area contributed by atoms with Gasteiger partial charge in [-0.3, -0.25) is 0 Å². The minimum absolute atomic E-state index is 0.0348. The first-order valence-corrected chi connectivity index (χ1v) is 5.85. The smallest absolute Gasteiger partial charge is 0.134 e. The van der Waals surface area contributed by atoms with Crippen molar-refractivity contribution < 1.29 is 9.50 Å². The van der Waals surface area contributed by atoms with Gasteiger partial charge in [-0.05, 0) is 48.1 Å². The lowest BCUT2D eigenvalue weighted by atomic mass is 10.00. The summed E-state index contributed by atoms with van der Waals surface area (Å²) in [6.07, 6.45) is 3.41. The zero-order chi connectivity index (χ0) is 11.8. The minimum Gasteiger partial charge on any atom is -0.508 e. The minimum atomic E-state index is -0.372. The Morgan fingerprint density at radius 1 is 0.941 bits per heavy atom. The SMILES string of the molecule is Oc1ccc(-c2ccc3c(c2)CCC3)c(F)c1. The maximum atomic E-state index is 13.7. The van der Waals surface area contributed by atoms with Crippen LogP contribution in [-0.2, 0) is 12.8 Å². The van der Waals surface area contributed by atoms with Gasteiger partial charge in [0.2, 0.25) is 0 Å². The number of aromatic hydroxyl groups is 1. The van der Waals surface area contributed by atoms with Crippen molar-refractivity contribution in [3.05, 3.63) is 53.3 Å². The van der Waals surface area contributed by atoms with Crippen LogP contribution in [0.25, 0.3) is 11.1 Å². The van der Waals surface area contributed by atoms with Gasteiger partial charge >= 0.3 is 0 Å². The fraction of sp³-hybridized carbons (Fsp3) is 0.200. The van der Waals surface area contributed by atoms with Crippen molar-refractivity contribution in [2.75, 3.05) is 0 Å². The topological polar surface area (TPSA) is 20.2 Å². The highest BCUT2D eigenvalue weighted by molar-refractivity contribution is 5.66. The van der Waals surface area contributed by atoms with Gasteiger partial charge in [0, 0.05) is 11.6 Å². The number of fused-ring (bicyclic) bond motifs is 1. The van der Waals surface area contributed by atoms with Crippen LogP contribution in [0.5, 0.6) is 5.75 Å². The maximum absolute atomic E-state index is 13.7. The molecule has 0 aliphatic heterocycles. The number of rotatable bonds is 1. The van der Waals surface area contributed by atoms with E-state index in [-0.39, 0.29) is 11.6 Å².